The van der Waals surface area contributed by atoms with Crippen LogP contribution in [0, 0.1) is 18.3 Å². The Hall–Kier alpha value is -5.90. The Morgan fingerprint density at radius 1 is 1.00 bits per heavy atom. The second-order valence-electron chi connectivity index (χ2n) is 11.0. The molecule has 0 bridgehead atoms. The summed E-state index contributed by atoms with van der Waals surface area (Å²) >= 11 is 0. The normalized spacial score (nSPS) is 14.6. The molecule has 3 aromatic carbocycles. The third kappa shape index (κ3) is 6.05. The van der Waals surface area contributed by atoms with Gasteiger partial charge in [-0.25, -0.2) is 14.3 Å². The second kappa shape index (κ2) is 12.5. The summed E-state index contributed by atoms with van der Waals surface area (Å²) in [7, 11) is 0. The highest BCUT2D eigenvalue weighted by Gasteiger charge is 2.34. The first-order chi connectivity index (χ1) is 22.6. The summed E-state index contributed by atoms with van der Waals surface area (Å²) in [5, 5.41) is 13.6. The van der Waals surface area contributed by atoms with Crippen LogP contribution in [-0.2, 0) is 17.5 Å². The van der Waals surface area contributed by atoms with Gasteiger partial charge in [-0.1, -0.05) is 36.4 Å². The highest BCUT2D eigenvalue weighted by atomic mass is 19.4. The number of carbonyl (C=O) groups excluding carboxylic acids is 1. The molecule has 2 aromatic heterocycles. The van der Waals surface area contributed by atoms with Crippen molar-refractivity contribution in [1.82, 2.24) is 23.8 Å². The van der Waals surface area contributed by atoms with Crippen LogP contribution in [0.5, 0.6) is 0 Å². The molecule has 0 unspecified atom stereocenters. The van der Waals surface area contributed by atoms with Gasteiger partial charge in [-0.05, 0) is 67.4 Å². The molecule has 0 spiro atoms. The van der Waals surface area contributed by atoms with E-state index in [1.807, 2.05) is 36.4 Å². The summed E-state index contributed by atoms with van der Waals surface area (Å²) in [5.41, 5.74) is -0.443. The van der Waals surface area contributed by atoms with Gasteiger partial charge in [-0.15, -0.1) is 0 Å². The molecule has 0 N–H and O–H groups in total. The molecule has 1 fully saturated rings. The molecule has 6 rings (SSSR count). The molecule has 238 valence electrons. The molecule has 10 nitrogen and oxygen atoms in total. The molecule has 47 heavy (non-hydrogen) atoms. The van der Waals surface area contributed by atoms with Gasteiger partial charge in [0.15, 0.2) is 0 Å². The van der Waals surface area contributed by atoms with E-state index in [4.69, 9.17) is 4.74 Å². The summed E-state index contributed by atoms with van der Waals surface area (Å²) in [6, 6.07) is 22.7. The van der Waals surface area contributed by atoms with Crippen LogP contribution in [0.25, 0.3) is 22.6 Å². The maximum absolute atomic E-state index is 14.3. The minimum atomic E-state index is -4.68. The van der Waals surface area contributed by atoms with E-state index in [-0.39, 0.29) is 48.8 Å². The summed E-state index contributed by atoms with van der Waals surface area (Å²) in [4.78, 5) is 42.8. The number of likely N-dealkylation sites (tertiary alicyclic amines) is 1. The summed E-state index contributed by atoms with van der Waals surface area (Å²) in [6.45, 7) is 1.70. The molecular weight excluding hydrogens is 613 g/mol. The van der Waals surface area contributed by atoms with E-state index >= 15 is 0 Å². The Morgan fingerprint density at radius 3 is 2.45 bits per heavy atom. The second-order valence-corrected chi connectivity index (χ2v) is 11.0. The van der Waals surface area contributed by atoms with Crippen LogP contribution < -0.4 is 11.2 Å². The smallest absolute Gasteiger partial charge is 0.416 e. The van der Waals surface area contributed by atoms with Crippen molar-refractivity contribution >= 4 is 6.09 Å². The van der Waals surface area contributed by atoms with E-state index in [0.717, 1.165) is 26.8 Å². The number of rotatable bonds is 6. The Balaban J connectivity index is 1.46. The Morgan fingerprint density at radius 2 is 1.74 bits per heavy atom. The lowest BCUT2D eigenvalue weighted by Gasteiger charge is -2.22. The van der Waals surface area contributed by atoms with Gasteiger partial charge in [0.2, 0.25) is 0 Å². The minimum absolute atomic E-state index is 0.0251. The fraction of sp³-hybridized carbons (Fsp3) is 0.206. The Bertz CT molecular complexity index is 2110. The number of benzene rings is 3. The average molecular weight is 641 g/mol. The van der Waals surface area contributed by atoms with E-state index < -0.39 is 35.1 Å². The zero-order valence-corrected chi connectivity index (χ0v) is 25.0. The molecule has 1 amide bonds. The van der Waals surface area contributed by atoms with Crippen molar-refractivity contribution in [3.63, 3.8) is 0 Å². The van der Waals surface area contributed by atoms with Crippen LogP contribution in [0.3, 0.4) is 0 Å². The predicted octanol–water partition coefficient (Wildman–Crippen LogP) is 5.63. The zero-order valence-electron chi connectivity index (χ0n) is 25.0. The lowest BCUT2D eigenvalue weighted by atomic mass is 10.1. The van der Waals surface area contributed by atoms with E-state index in [0.29, 0.717) is 11.3 Å². The highest BCUT2D eigenvalue weighted by molar-refractivity contribution is 5.68. The van der Waals surface area contributed by atoms with Gasteiger partial charge in [-0.3, -0.25) is 13.9 Å². The summed E-state index contributed by atoms with van der Waals surface area (Å²) in [5.74, 6) is 0. The van der Waals surface area contributed by atoms with Crippen molar-refractivity contribution in [3.05, 3.63) is 134 Å². The molecule has 0 saturated carbocycles. The van der Waals surface area contributed by atoms with Crippen molar-refractivity contribution in [1.29, 1.82) is 5.26 Å². The third-order valence-electron chi connectivity index (χ3n) is 8.09. The fourth-order valence-corrected chi connectivity index (χ4v) is 5.77. The molecule has 1 saturated heterocycles. The molecule has 0 aliphatic carbocycles. The number of hydrogen-bond acceptors (Lipinski definition) is 6. The molecule has 1 atom stereocenters. The Labute approximate surface area is 266 Å². The predicted molar refractivity (Wildman–Crippen MR) is 165 cm³/mol. The fourth-order valence-electron chi connectivity index (χ4n) is 5.77. The van der Waals surface area contributed by atoms with Crippen LogP contribution in [0.2, 0.25) is 0 Å². The summed E-state index contributed by atoms with van der Waals surface area (Å²) < 4.78 is 50.2. The maximum atomic E-state index is 14.3. The largest absolute Gasteiger partial charge is 0.445 e. The average Bonchev–Trinajstić information content (AvgIpc) is 3.75. The van der Waals surface area contributed by atoms with Crippen molar-refractivity contribution < 1.29 is 22.7 Å². The quantitative estimate of drug-likeness (QED) is 0.238. The van der Waals surface area contributed by atoms with Crippen LogP contribution in [0.4, 0.5) is 18.0 Å². The SMILES string of the molecule is Cc1c(-c2ccnn2-c2ccc(C#N)cc2)c(=O)n([C@@H]2CCN(C(=O)OCc3ccccc3)C2)c(=O)n1-c1cccc(C(F)(F)F)c1. The number of ether oxygens (including phenoxy) is 1. The van der Waals surface area contributed by atoms with Crippen molar-refractivity contribution in [3.8, 4) is 28.7 Å². The van der Waals surface area contributed by atoms with Crippen molar-refractivity contribution in [2.45, 2.75) is 32.2 Å². The van der Waals surface area contributed by atoms with Gasteiger partial charge >= 0.3 is 18.0 Å². The van der Waals surface area contributed by atoms with Crippen LogP contribution in [0.1, 0.15) is 34.8 Å². The lowest BCUT2D eigenvalue weighted by Crippen LogP contribution is -2.44. The highest BCUT2D eigenvalue weighted by Crippen LogP contribution is 2.31. The number of nitriles is 1. The van der Waals surface area contributed by atoms with Gasteiger partial charge in [0.05, 0.1) is 52.1 Å². The van der Waals surface area contributed by atoms with Gasteiger partial charge in [0.25, 0.3) is 5.56 Å². The van der Waals surface area contributed by atoms with E-state index in [1.54, 1.807) is 30.3 Å². The molecule has 3 heterocycles. The van der Waals surface area contributed by atoms with Gasteiger partial charge in [0, 0.05) is 18.8 Å². The van der Waals surface area contributed by atoms with Gasteiger partial charge in [-0.2, -0.15) is 23.5 Å². The number of halogens is 3. The first kappa shape index (κ1) is 31.1. The number of nitrogens with zero attached hydrogens (tertiary/aromatic N) is 6. The number of alkyl halides is 3. The Kier molecular flexibility index (Phi) is 8.25. The maximum Gasteiger partial charge on any atom is 0.416 e. The van der Waals surface area contributed by atoms with Gasteiger partial charge in [0.1, 0.15) is 6.61 Å². The monoisotopic (exact) mass is 640 g/mol. The molecule has 0 radical (unpaired) electrons. The third-order valence-corrected chi connectivity index (χ3v) is 8.09. The summed E-state index contributed by atoms with van der Waals surface area (Å²) in [6.07, 6.45) is -3.61. The molecule has 1 aliphatic rings. The number of aromatic nitrogens is 4. The van der Waals surface area contributed by atoms with Crippen LogP contribution in [0.15, 0.2) is 101 Å². The molecule has 13 heteroatoms. The van der Waals surface area contributed by atoms with Crippen molar-refractivity contribution in [2.24, 2.45) is 0 Å². The van der Waals surface area contributed by atoms with E-state index in [2.05, 4.69) is 5.10 Å². The first-order valence-electron chi connectivity index (χ1n) is 14.6. The number of hydrogen-bond donors (Lipinski definition) is 0. The van der Waals surface area contributed by atoms with Crippen LogP contribution >= 0.6 is 0 Å². The topological polar surface area (TPSA) is 115 Å². The number of amides is 1. The molecule has 1 aliphatic heterocycles. The van der Waals surface area contributed by atoms with Crippen LogP contribution in [-0.4, -0.2) is 43.0 Å². The van der Waals surface area contributed by atoms with Gasteiger partial charge < -0.3 is 9.64 Å². The zero-order chi connectivity index (χ0) is 33.3. The lowest BCUT2D eigenvalue weighted by molar-refractivity contribution is -0.137. The minimum Gasteiger partial charge on any atom is -0.445 e. The molecule has 5 aromatic rings. The molecular formula is C34H27F3N6O4. The van der Waals surface area contributed by atoms with Crippen molar-refractivity contribution in [2.75, 3.05) is 13.1 Å². The van der Waals surface area contributed by atoms with E-state index in [9.17, 15) is 32.8 Å². The van der Waals surface area contributed by atoms with E-state index in [1.165, 1.54) is 34.8 Å². The number of carbonyl (C=O) groups is 1. The first-order valence-corrected chi connectivity index (χ1v) is 14.6. The standard InChI is InChI=1S/C34H27F3N6O4/c1-22-30(29-14-16-39-43(29)26-12-10-23(19-38)11-13-26)31(44)42(32(45)41(22)27-9-5-8-25(18-27)34(35,36)37)28-15-17-40(20-28)33(46)47-21-24-6-3-2-4-7-24/h2-14,16,18,28H,15,17,20-21H2,1H3/t28-/m1/s1.